The number of amides is 3. The van der Waals surface area contributed by atoms with Gasteiger partial charge in [0.15, 0.2) is 5.82 Å². The van der Waals surface area contributed by atoms with Crippen LogP contribution in [-0.4, -0.2) is 108 Å². The maximum atomic E-state index is 13.8. The van der Waals surface area contributed by atoms with E-state index in [1.54, 1.807) is 64.0 Å². The summed E-state index contributed by atoms with van der Waals surface area (Å²) in [5.41, 5.74) is 4.79. The Balaban J connectivity index is 0.752. The number of aryl methyl sites for hydroxylation is 3. The predicted octanol–water partition coefficient (Wildman–Crippen LogP) is 5.34. The molecule has 4 aromatic heterocycles. The topological polar surface area (TPSA) is 213 Å². The molecule has 19 heteroatoms. The van der Waals surface area contributed by atoms with Crippen LogP contribution in [0.1, 0.15) is 86.7 Å². The van der Waals surface area contributed by atoms with E-state index < -0.39 is 7.60 Å². The van der Waals surface area contributed by atoms with Crippen LogP contribution in [0.15, 0.2) is 72.3 Å². The minimum absolute atomic E-state index is 0.00595. The van der Waals surface area contributed by atoms with Crippen LogP contribution in [0.4, 0.5) is 11.5 Å². The summed E-state index contributed by atoms with van der Waals surface area (Å²) < 4.78 is 33.4. The fourth-order valence-electron chi connectivity index (χ4n) is 9.55. The molecule has 2 aliphatic heterocycles. The van der Waals surface area contributed by atoms with Gasteiger partial charge in [-0.15, -0.1) is 0 Å². The second kappa shape index (κ2) is 16.4. The summed E-state index contributed by atoms with van der Waals surface area (Å²) >= 11 is 0. The summed E-state index contributed by atoms with van der Waals surface area (Å²) in [6.07, 6.45) is 11.7. The molecule has 1 aromatic carbocycles. The maximum absolute atomic E-state index is 13.8. The Morgan fingerprint density at radius 2 is 1.86 bits per heavy atom. The van der Waals surface area contributed by atoms with Gasteiger partial charge in [0.2, 0.25) is 11.7 Å². The van der Waals surface area contributed by atoms with Crippen LogP contribution in [0.5, 0.6) is 5.75 Å². The zero-order valence-electron chi connectivity index (χ0n) is 36.1. The predicted molar refractivity (Wildman–Crippen MR) is 236 cm³/mol. The fraction of sp³-hybridized carbons (Fsp3) is 0.400. The van der Waals surface area contributed by atoms with Gasteiger partial charge in [-0.3, -0.25) is 33.3 Å². The van der Waals surface area contributed by atoms with Crippen LogP contribution in [0.25, 0.3) is 11.0 Å². The molecule has 3 aliphatic carbocycles. The number of aromatic nitrogens is 5. The smallest absolute Gasteiger partial charge is 0.332 e. The highest BCUT2D eigenvalue weighted by molar-refractivity contribution is 7.51. The third-order valence-electron chi connectivity index (χ3n) is 12.6. The lowest BCUT2D eigenvalue weighted by Crippen LogP contribution is -2.76. The van der Waals surface area contributed by atoms with Gasteiger partial charge in [0.1, 0.15) is 17.1 Å². The van der Waals surface area contributed by atoms with E-state index in [1.807, 2.05) is 26.2 Å². The molecule has 5 aromatic rings. The first-order valence-corrected chi connectivity index (χ1v) is 22.9. The molecule has 2 atom stereocenters. The van der Waals surface area contributed by atoms with Gasteiger partial charge in [-0.05, 0) is 80.0 Å². The molecule has 1 saturated heterocycles. The van der Waals surface area contributed by atoms with E-state index in [9.17, 15) is 28.6 Å². The van der Waals surface area contributed by atoms with Crippen LogP contribution in [0.3, 0.4) is 0 Å². The first-order chi connectivity index (χ1) is 30.5. The molecule has 64 heavy (non-hydrogen) atoms. The summed E-state index contributed by atoms with van der Waals surface area (Å²) in [7, 11) is 1.11. The zero-order valence-corrected chi connectivity index (χ0v) is 37.0. The summed E-state index contributed by atoms with van der Waals surface area (Å²) in [4.78, 5) is 78.9. The number of methoxy groups -OCH3 is 1. The largest absolute Gasteiger partial charge is 0.493 e. The van der Waals surface area contributed by atoms with E-state index in [4.69, 9.17) is 14.0 Å². The highest BCUT2D eigenvalue weighted by Crippen LogP contribution is 2.68. The number of pyridine rings is 1. The van der Waals surface area contributed by atoms with E-state index in [1.165, 1.54) is 17.9 Å². The Bertz CT molecular complexity index is 2820. The number of carbonyl (C=O) groups is 4. The van der Waals surface area contributed by atoms with Gasteiger partial charge in [0.05, 0.1) is 43.3 Å². The number of anilines is 1. The summed E-state index contributed by atoms with van der Waals surface area (Å²) in [5.74, 6) is 0.116. The minimum Gasteiger partial charge on any atom is -0.493 e. The highest BCUT2D eigenvalue weighted by atomic mass is 31.2. The molecule has 0 radical (unpaired) electrons. The summed E-state index contributed by atoms with van der Waals surface area (Å²) in [5, 5.41) is 6.61. The quantitative estimate of drug-likeness (QED) is 0.0653. The normalized spacial score (nSPS) is 21.7. The number of hydrogen-bond donors (Lipinski definition) is 3. The molecule has 5 aliphatic rings. The molecule has 10 rings (SSSR count). The number of carbonyl (C=O) groups excluding carboxylic acids is 4. The van der Waals surface area contributed by atoms with Crippen LogP contribution in [0, 0.1) is 6.92 Å². The van der Waals surface area contributed by atoms with E-state index in [0.717, 1.165) is 16.7 Å². The zero-order chi connectivity index (χ0) is 45.1. The highest BCUT2D eigenvalue weighted by Gasteiger charge is 2.69. The molecular formula is C45H50N9O9P. The standard InChI is InChI=1S/C45H50N9O9P/c1-27-13-32-19-46-34-17-36(28(2)14-33(34)42(57)54(32)20-27)62-10-6-7-38(55)48-37-22-52(4)40(49-37)41(56)50-45-24-44(25-45,26-45)31-16-35(51(3)21-31)43(58)53-9-8-30-15-29(18-47-39(30)53)23-64(59,60)63-12-11-61-5/h8-9,14-19,21-22,32H,1,6-7,10-13,20,23-26H2,2-5H3,(H,48,55)(H,50,56)(H,59,60)/t32-,44?,45?/m0/s1. The molecule has 4 fully saturated rings. The van der Waals surface area contributed by atoms with Gasteiger partial charge in [0, 0.05) is 87.6 Å². The molecule has 334 valence electrons. The van der Waals surface area contributed by atoms with Crippen molar-refractivity contribution in [1.29, 1.82) is 0 Å². The number of hydrogen-bond acceptors (Lipinski definition) is 11. The summed E-state index contributed by atoms with van der Waals surface area (Å²) in [6.45, 7) is 6.90. The van der Waals surface area contributed by atoms with Gasteiger partial charge in [-0.25, -0.2) is 9.97 Å². The number of imidazole rings is 1. The Morgan fingerprint density at radius 1 is 1.06 bits per heavy atom. The van der Waals surface area contributed by atoms with Gasteiger partial charge in [-0.2, -0.15) is 0 Å². The molecule has 3 N–H and O–H groups in total. The second-order valence-corrected chi connectivity index (χ2v) is 19.4. The number of rotatable bonds is 16. The Kier molecular flexibility index (Phi) is 11.0. The van der Waals surface area contributed by atoms with Gasteiger partial charge < -0.3 is 43.6 Å². The number of nitrogens with zero attached hydrogens (tertiary/aromatic N) is 7. The lowest BCUT2D eigenvalue weighted by molar-refractivity contribution is -0.116. The van der Waals surface area contributed by atoms with E-state index in [-0.39, 0.29) is 84.7 Å². The monoisotopic (exact) mass is 891 g/mol. The summed E-state index contributed by atoms with van der Waals surface area (Å²) in [6, 6.07) is 8.86. The Morgan fingerprint density at radius 3 is 2.64 bits per heavy atom. The van der Waals surface area contributed by atoms with E-state index in [2.05, 4.69) is 32.2 Å². The van der Waals surface area contributed by atoms with Crippen molar-refractivity contribution in [1.82, 2.24) is 33.9 Å². The van der Waals surface area contributed by atoms with Crippen molar-refractivity contribution < 1.29 is 42.6 Å². The van der Waals surface area contributed by atoms with E-state index >= 15 is 0 Å². The molecular weight excluding hydrogens is 842 g/mol. The van der Waals surface area contributed by atoms with Crippen LogP contribution >= 0.6 is 7.60 Å². The van der Waals surface area contributed by atoms with Crippen molar-refractivity contribution in [2.24, 2.45) is 19.1 Å². The van der Waals surface area contributed by atoms with Crippen LogP contribution < -0.4 is 15.4 Å². The van der Waals surface area contributed by atoms with Crippen molar-refractivity contribution in [2.45, 2.75) is 68.6 Å². The molecule has 1 unspecified atom stereocenters. The fourth-order valence-corrected chi connectivity index (χ4v) is 10.6. The number of nitrogens with one attached hydrogen (secondary N) is 2. The molecule has 6 heterocycles. The average molecular weight is 892 g/mol. The third-order valence-corrected chi connectivity index (χ3v) is 14.0. The van der Waals surface area contributed by atoms with Gasteiger partial charge in [-0.1, -0.05) is 12.2 Å². The lowest BCUT2D eigenvalue weighted by atomic mass is 9.37. The van der Waals surface area contributed by atoms with Gasteiger partial charge in [0.25, 0.3) is 17.7 Å². The average Bonchev–Trinajstić information content (AvgIpc) is 3.99. The van der Waals surface area contributed by atoms with Crippen molar-refractivity contribution in [2.75, 3.05) is 38.8 Å². The van der Waals surface area contributed by atoms with Crippen molar-refractivity contribution in [3.05, 3.63) is 101 Å². The van der Waals surface area contributed by atoms with Crippen LogP contribution in [-0.2, 0) is 44.3 Å². The Hall–Kier alpha value is -6.20. The number of benzene rings is 1. The molecule has 18 nitrogen and oxygen atoms in total. The molecule has 2 bridgehead atoms. The number of aliphatic imine (C=N–C) groups is 1. The Labute approximate surface area is 368 Å². The minimum atomic E-state index is -3.90. The molecule has 3 amide bonds. The SMILES string of the molecule is C=C1C[C@H]2C=Nc3cc(OCCCC(=O)Nc4cn(C)c(C(=O)NC56CC(c7cc(C(=O)n8ccc9cc(CP(=O)(O)OCCOC)cnc98)n(C)c7)(C5)C6)n4)c(C)cc3C(=O)N2C1. The molecule has 0 spiro atoms. The van der Waals surface area contributed by atoms with Gasteiger partial charge >= 0.3 is 7.60 Å². The third kappa shape index (κ3) is 8.10. The molecule has 3 saturated carbocycles. The van der Waals surface area contributed by atoms with Crippen molar-refractivity contribution in [3.63, 3.8) is 0 Å². The van der Waals surface area contributed by atoms with Crippen molar-refractivity contribution >= 4 is 60.0 Å². The first-order valence-electron chi connectivity index (χ1n) is 21.1. The number of fused-ring (bicyclic) bond motifs is 3. The maximum Gasteiger partial charge on any atom is 0.332 e. The van der Waals surface area contributed by atoms with Crippen molar-refractivity contribution in [3.8, 4) is 5.75 Å². The lowest BCUT2D eigenvalue weighted by Gasteiger charge is -2.70. The second-order valence-electron chi connectivity index (χ2n) is 17.6. The first kappa shape index (κ1) is 43.1. The number of ether oxygens (including phenoxy) is 2. The van der Waals surface area contributed by atoms with E-state index in [0.29, 0.717) is 77.9 Å². The van der Waals surface area contributed by atoms with Crippen LogP contribution in [0.2, 0.25) is 0 Å².